The zero-order valence-electron chi connectivity index (χ0n) is 13.7. The van der Waals surface area contributed by atoms with Crippen molar-refractivity contribution in [2.24, 2.45) is 0 Å². The van der Waals surface area contributed by atoms with Crippen molar-refractivity contribution in [3.63, 3.8) is 0 Å². The number of benzene rings is 1. The van der Waals surface area contributed by atoms with Crippen LogP contribution in [0.15, 0.2) is 34.8 Å². The van der Waals surface area contributed by atoms with Crippen molar-refractivity contribution in [1.82, 2.24) is 9.55 Å². The van der Waals surface area contributed by atoms with Crippen molar-refractivity contribution in [1.29, 1.82) is 0 Å². The van der Waals surface area contributed by atoms with Gasteiger partial charge in [0.05, 0.1) is 0 Å². The van der Waals surface area contributed by atoms with E-state index in [-0.39, 0.29) is 0 Å². The highest BCUT2D eigenvalue weighted by Gasteiger charge is 2.36. The van der Waals surface area contributed by atoms with E-state index >= 15 is 0 Å². The molecule has 134 valence electrons. The molecule has 7 heteroatoms. The molecule has 1 fully saturated rings. The third-order valence-electron chi connectivity index (χ3n) is 5.10. The maximum absolute atomic E-state index is 13.2. The molecule has 0 amide bonds. The van der Waals surface area contributed by atoms with Crippen molar-refractivity contribution in [3.05, 3.63) is 51.8 Å². The number of rotatable bonds is 2. The van der Waals surface area contributed by atoms with E-state index in [1.54, 1.807) is 0 Å². The van der Waals surface area contributed by atoms with E-state index in [1.807, 2.05) is 16.7 Å². The van der Waals surface area contributed by atoms with E-state index in [0.29, 0.717) is 11.6 Å². The van der Waals surface area contributed by atoms with Crippen LogP contribution in [-0.2, 0) is 12.6 Å². The number of fused-ring (bicyclic) bond motifs is 2. The van der Waals surface area contributed by atoms with Crippen LogP contribution in [0, 0.1) is 0 Å². The third-order valence-corrected chi connectivity index (χ3v) is 5.93. The van der Waals surface area contributed by atoms with Crippen LogP contribution in [0.5, 0.6) is 0 Å². The number of hydrogen-bond acceptors (Lipinski definition) is 2. The van der Waals surface area contributed by atoms with E-state index in [4.69, 9.17) is 0 Å². The maximum atomic E-state index is 13.2. The summed E-state index contributed by atoms with van der Waals surface area (Å²) in [4.78, 5) is 4.00. The van der Waals surface area contributed by atoms with Gasteiger partial charge >= 0.3 is 6.18 Å². The second-order valence-electron chi connectivity index (χ2n) is 6.89. The molecule has 5 rings (SSSR count). The first-order valence-electron chi connectivity index (χ1n) is 8.58. The van der Waals surface area contributed by atoms with Crippen LogP contribution in [0.3, 0.4) is 0 Å². The lowest BCUT2D eigenvalue weighted by molar-refractivity contribution is -0.141. The van der Waals surface area contributed by atoms with Gasteiger partial charge in [0.15, 0.2) is 0 Å². The van der Waals surface area contributed by atoms with Crippen LogP contribution in [0.1, 0.15) is 35.7 Å². The molecule has 1 aromatic carbocycles. The molecule has 1 saturated carbocycles. The Labute approximate surface area is 156 Å². The zero-order valence-corrected chi connectivity index (χ0v) is 15.3. The van der Waals surface area contributed by atoms with Crippen LogP contribution < -0.4 is 5.32 Å². The molecule has 2 aliphatic rings. The molecule has 0 unspecified atom stereocenters. The fraction of sp³-hybridized carbons (Fsp3) is 0.316. The van der Waals surface area contributed by atoms with Gasteiger partial charge in [-0.25, -0.2) is 4.98 Å². The lowest BCUT2D eigenvalue weighted by atomic mass is 10.1. The lowest BCUT2D eigenvalue weighted by Gasteiger charge is -2.13. The average Bonchev–Trinajstić information content (AvgIpc) is 3.25. The van der Waals surface area contributed by atoms with Crippen LogP contribution in [0.2, 0.25) is 0 Å². The van der Waals surface area contributed by atoms with Gasteiger partial charge in [0.25, 0.3) is 0 Å². The third kappa shape index (κ3) is 2.44. The topological polar surface area (TPSA) is 29.9 Å². The van der Waals surface area contributed by atoms with E-state index in [0.717, 1.165) is 58.8 Å². The highest BCUT2D eigenvalue weighted by atomic mass is 79.9. The second kappa shape index (κ2) is 5.49. The summed E-state index contributed by atoms with van der Waals surface area (Å²) in [5.41, 5.74) is 3.69. The van der Waals surface area contributed by atoms with Crippen molar-refractivity contribution in [2.75, 3.05) is 11.9 Å². The van der Waals surface area contributed by atoms with Gasteiger partial charge in [0, 0.05) is 39.4 Å². The van der Waals surface area contributed by atoms with Crippen molar-refractivity contribution in [3.8, 4) is 5.69 Å². The Bertz CT molecular complexity index is 1030. The Balaban J connectivity index is 1.80. The molecule has 0 saturated heterocycles. The minimum absolute atomic E-state index is 0.360. The van der Waals surface area contributed by atoms with Crippen LogP contribution in [0.4, 0.5) is 18.9 Å². The molecule has 2 aromatic heterocycles. The van der Waals surface area contributed by atoms with Crippen LogP contribution >= 0.6 is 15.9 Å². The average molecular weight is 422 g/mol. The van der Waals surface area contributed by atoms with E-state index in [1.165, 1.54) is 11.6 Å². The van der Waals surface area contributed by atoms with E-state index in [9.17, 15) is 13.2 Å². The number of aromatic nitrogens is 2. The normalized spacial score (nSPS) is 16.8. The SMILES string of the molecule is FC(F)(F)c1ccc2c(Br)c(C3CC3)n(-c3ccc4c(c3)CCN4)c2n1. The van der Waals surface area contributed by atoms with Crippen LogP contribution in [0.25, 0.3) is 16.7 Å². The number of nitrogens with zero attached hydrogens (tertiary/aromatic N) is 2. The molecule has 3 aromatic rings. The molecule has 0 spiro atoms. The quantitative estimate of drug-likeness (QED) is 0.578. The molecule has 0 atom stereocenters. The summed E-state index contributed by atoms with van der Waals surface area (Å²) in [7, 11) is 0. The smallest absolute Gasteiger partial charge is 0.384 e. The molecule has 0 radical (unpaired) electrons. The number of nitrogens with one attached hydrogen (secondary N) is 1. The first-order chi connectivity index (χ1) is 12.4. The predicted molar refractivity (Wildman–Crippen MR) is 97.9 cm³/mol. The largest absolute Gasteiger partial charge is 0.433 e. The summed E-state index contributed by atoms with van der Waals surface area (Å²) in [6.07, 6.45) is -1.44. The Morgan fingerprint density at radius 3 is 2.69 bits per heavy atom. The minimum atomic E-state index is -4.46. The predicted octanol–water partition coefficient (Wildman–Crippen LogP) is 5.65. The number of halogens is 4. The molecule has 0 bridgehead atoms. The Morgan fingerprint density at radius 1 is 1.15 bits per heavy atom. The second-order valence-corrected chi connectivity index (χ2v) is 7.69. The van der Waals surface area contributed by atoms with Gasteiger partial charge in [-0.1, -0.05) is 0 Å². The fourth-order valence-electron chi connectivity index (χ4n) is 3.71. The number of pyridine rings is 1. The highest BCUT2D eigenvalue weighted by molar-refractivity contribution is 9.10. The van der Waals surface area contributed by atoms with Gasteiger partial charge in [-0.3, -0.25) is 4.57 Å². The molecular formula is C19H15BrF3N3. The maximum Gasteiger partial charge on any atom is 0.433 e. The fourth-order valence-corrected chi connectivity index (χ4v) is 4.52. The molecule has 3 heterocycles. The minimum Gasteiger partial charge on any atom is -0.384 e. The van der Waals surface area contributed by atoms with Gasteiger partial charge < -0.3 is 5.32 Å². The van der Waals surface area contributed by atoms with Crippen LogP contribution in [-0.4, -0.2) is 16.1 Å². The number of anilines is 1. The van der Waals surface area contributed by atoms with Crippen molar-refractivity contribution >= 4 is 32.7 Å². The molecular weight excluding hydrogens is 407 g/mol. The molecule has 26 heavy (non-hydrogen) atoms. The van der Waals surface area contributed by atoms with Gasteiger partial charge in [0.1, 0.15) is 11.3 Å². The van der Waals surface area contributed by atoms with Gasteiger partial charge in [-0.15, -0.1) is 0 Å². The highest BCUT2D eigenvalue weighted by Crippen LogP contribution is 2.48. The van der Waals surface area contributed by atoms with E-state index < -0.39 is 11.9 Å². The first kappa shape index (κ1) is 16.2. The van der Waals surface area contributed by atoms with Gasteiger partial charge in [-0.05, 0) is 71.1 Å². The summed E-state index contributed by atoms with van der Waals surface area (Å²) in [5.74, 6) is 0.360. The summed E-state index contributed by atoms with van der Waals surface area (Å²) in [5, 5.41) is 4.04. The van der Waals surface area contributed by atoms with E-state index in [2.05, 4.69) is 32.3 Å². The summed E-state index contributed by atoms with van der Waals surface area (Å²) in [6.45, 7) is 0.890. The summed E-state index contributed by atoms with van der Waals surface area (Å²) in [6, 6.07) is 8.60. The summed E-state index contributed by atoms with van der Waals surface area (Å²) >= 11 is 3.62. The first-order valence-corrected chi connectivity index (χ1v) is 9.38. The molecule has 3 nitrogen and oxygen atoms in total. The Hall–Kier alpha value is -2.02. The lowest BCUT2D eigenvalue weighted by Crippen LogP contribution is -2.09. The Morgan fingerprint density at radius 2 is 1.96 bits per heavy atom. The molecule has 1 aliphatic carbocycles. The monoisotopic (exact) mass is 421 g/mol. The number of hydrogen-bond donors (Lipinski definition) is 1. The van der Waals surface area contributed by atoms with Gasteiger partial charge in [0.2, 0.25) is 0 Å². The van der Waals surface area contributed by atoms with Crippen molar-refractivity contribution < 1.29 is 13.2 Å². The standard InChI is InChI=1S/C19H15BrF3N3/c20-16-13-4-6-15(19(21,22)23)25-18(13)26(17(16)10-1-2-10)12-3-5-14-11(9-12)7-8-24-14/h3-6,9-10,24H,1-2,7-8H2. The molecule has 1 N–H and O–H groups in total. The summed E-state index contributed by atoms with van der Waals surface area (Å²) < 4.78 is 42.4. The zero-order chi connectivity index (χ0) is 18.1. The molecule has 1 aliphatic heterocycles. The van der Waals surface area contributed by atoms with Gasteiger partial charge in [-0.2, -0.15) is 13.2 Å². The number of alkyl halides is 3. The Kier molecular flexibility index (Phi) is 3.41. The van der Waals surface area contributed by atoms with Crippen molar-refractivity contribution in [2.45, 2.75) is 31.4 Å².